The van der Waals surface area contributed by atoms with Crippen molar-refractivity contribution in [1.82, 2.24) is 9.97 Å². The monoisotopic (exact) mass is 338 g/mol. The van der Waals surface area contributed by atoms with Crippen molar-refractivity contribution in [2.45, 2.75) is 19.8 Å². The lowest BCUT2D eigenvalue weighted by atomic mass is 10.1. The van der Waals surface area contributed by atoms with Gasteiger partial charge in [-0.05, 0) is 25.0 Å². The van der Waals surface area contributed by atoms with Crippen LogP contribution in [0, 0.1) is 0 Å². The van der Waals surface area contributed by atoms with Gasteiger partial charge in [-0.3, -0.25) is 4.98 Å². The minimum absolute atomic E-state index is 0.969. The Morgan fingerprint density at radius 3 is 2.75 bits per heavy atom. The maximum absolute atomic E-state index is 4.78. The maximum atomic E-state index is 4.78. The van der Waals surface area contributed by atoms with E-state index in [2.05, 4.69) is 57.4 Å². The summed E-state index contributed by atoms with van der Waals surface area (Å²) in [6.07, 6.45) is 4.02. The molecule has 1 fully saturated rings. The number of aromatic nitrogens is 2. The molecule has 0 atom stereocenters. The van der Waals surface area contributed by atoms with Crippen molar-refractivity contribution in [3.63, 3.8) is 0 Å². The molecule has 2 aromatic heterocycles. The van der Waals surface area contributed by atoms with Gasteiger partial charge in [0.1, 0.15) is 0 Å². The summed E-state index contributed by atoms with van der Waals surface area (Å²) in [5.41, 5.74) is 3.61. The van der Waals surface area contributed by atoms with Crippen molar-refractivity contribution in [1.29, 1.82) is 0 Å². The van der Waals surface area contributed by atoms with Gasteiger partial charge in [0.05, 0.1) is 5.52 Å². The van der Waals surface area contributed by atoms with Gasteiger partial charge in [0.15, 0.2) is 5.13 Å². The third kappa shape index (κ3) is 2.96. The van der Waals surface area contributed by atoms with E-state index in [1.54, 1.807) is 11.3 Å². The second-order valence-corrected chi connectivity index (χ2v) is 7.02. The summed E-state index contributed by atoms with van der Waals surface area (Å²) in [5, 5.41) is 4.46. The molecule has 0 N–H and O–H groups in total. The molecule has 1 saturated heterocycles. The third-order valence-electron chi connectivity index (χ3n) is 4.64. The number of rotatable bonds is 3. The molecule has 3 aromatic rings. The molecule has 4 rings (SSSR count). The molecule has 0 unspecified atom stereocenters. The number of nitrogens with zero attached hydrogens (tertiary/aromatic N) is 4. The number of thiazole rings is 1. The molecule has 0 bridgehead atoms. The van der Waals surface area contributed by atoms with E-state index in [0.717, 1.165) is 49.7 Å². The van der Waals surface area contributed by atoms with Gasteiger partial charge in [-0.15, -0.1) is 11.3 Å². The van der Waals surface area contributed by atoms with Gasteiger partial charge in [0, 0.05) is 54.5 Å². The highest BCUT2D eigenvalue weighted by atomic mass is 32.1. The Bertz CT molecular complexity index is 815. The predicted octanol–water partition coefficient (Wildman–Crippen LogP) is 3.97. The molecular weight excluding hydrogens is 316 g/mol. The largest absolute Gasteiger partial charge is 0.369 e. The van der Waals surface area contributed by atoms with Gasteiger partial charge >= 0.3 is 0 Å². The number of pyridine rings is 1. The van der Waals surface area contributed by atoms with Crippen molar-refractivity contribution in [2.75, 3.05) is 36.0 Å². The zero-order valence-corrected chi connectivity index (χ0v) is 14.8. The molecule has 5 heteroatoms. The number of fused-ring (bicyclic) bond motifs is 1. The predicted molar refractivity (Wildman–Crippen MR) is 102 cm³/mol. The van der Waals surface area contributed by atoms with Crippen molar-refractivity contribution in [3.05, 3.63) is 47.6 Å². The van der Waals surface area contributed by atoms with E-state index in [-0.39, 0.29) is 0 Å². The Morgan fingerprint density at radius 1 is 1.08 bits per heavy atom. The SMILES string of the molecule is CCc1cc(N2CCCN(c3nccs3)CC2)c2ccccc2n1. The third-order valence-corrected chi connectivity index (χ3v) is 5.47. The molecule has 0 aliphatic carbocycles. The van der Waals surface area contributed by atoms with Gasteiger partial charge in [-0.1, -0.05) is 25.1 Å². The van der Waals surface area contributed by atoms with Crippen molar-refractivity contribution in [3.8, 4) is 0 Å². The van der Waals surface area contributed by atoms with Gasteiger partial charge in [-0.25, -0.2) is 4.98 Å². The summed E-state index contributed by atoms with van der Waals surface area (Å²) in [4.78, 5) is 14.2. The van der Waals surface area contributed by atoms with Crippen LogP contribution < -0.4 is 9.80 Å². The molecule has 0 radical (unpaired) electrons. The molecule has 1 aromatic carbocycles. The standard InChI is InChI=1S/C19H22N4S/c1-2-15-14-18(16-6-3-4-7-17(16)21-15)22-9-5-10-23(12-11-22)19-20-8-13-24-19/h3-4,6-8,13-14H,2,5,9-12H2,1H3. The highest BCUT2D eigenvalue weighted by Gasteiger charge is 2.19. The molecule has 0 amide bonds. The highest BCUT2D eigenvalue weighted by Crippen LogP contribution is 2.29. The summed E-state index contributed by atoms with van der Waals surface area (Å²) in [5.74, 6) is 0. The van der Waals surface area contributed by atoms with Crippen LogP contribution in [0.4, 0.5) is 10.8 Å². The molecule has 1 aliphatic heterocycles. The number of para-hydroxylation sites is 1. The summed E-state index contributed by atoms with van der Waals surface area (Å²) in [6, 6.07) is 10.8. The number of hydrogen-bond acceptors (Lipinski definition) is 5. The van der Waals surface area contributed by atoms with E-state index in [9.17, 15) is 0 Å². The molecule has 124 valence electrons. The second kappa shape index (κ2) is 6.77. The Labute approximate surface area is 146 Å². The van der Waals surface area contributed by atoms with Gasteiger partial charge in [0.25, 0.3) is 0 Å². The van der Waals surface area contributed by atoms with Crippen LogP contribution in [0.15, 0.2) is 41.9 Å². The lowest BCUT2D eigenvalue weighted by Gasteiger charge is -2.25. The molecule has 4 nitrogen and oxygen atoms in total. The van der Waals surface area contributed by atoms with E-state index in [0.29, 0.717) is 0 Å². The number of anilines is 2. The fraction of sp³-hybridized carbons (Fsp3) is 0.368. The van der Waals surface area contributed by atoms with Crippen molar-refractivity contribution >= 4 is 33.1 Å². The first-order valence-electron chi connectivity index (χ1n) is 8.63. The van der Waals surface area contributed by atoms with Crippen molar-refractivity contribution < 1.29 is 0 Å². The van der Waals surface area contributed by atoms with Gasteiger partial charge in [0.2, 0.25) is 0 Å². The minimum Gasteiger partial charge on any atom is -0.369 e. The summed E-state index contributed by atoms with van der Waals surface area (Å²) in [6.45, 7) is 6.38. The highest BCUT2D eigenvalue weighted by molar-refractivity contribution is 7.13. The lowest BCUT2D eigenvalue weighted by molar-refractivity contribution is 0.804. The quantitative estimate of drug-likeness (QED) is 0.723. The lowest BCUT2D eigenvalue weighted by Crippen LogP contribution is -2.30. The molecule has 3 heterocycles. The van der Waals surface area contributed by atoms with E-state index in [1.165, 1.54) is 16.8 Å². The van der Waals surface area contributed by atoms with Crippen molar-refractivity contribution in [2.24, 2.45) is 0 Å². The average molecular weight is 338 g/mol. The molecule has 0 saturated carbocycles. The van der Waals surface area contributed by atoms with E-state index < -0.39 is 0 Å². The maximum Gasteiger partial charge on any atom is 0.185 e. The summed E-state index contributed by atoms with van der Waals surface area (Å²) in [7, 11) is 0. The number of hydrogen-bond donors (Lipinski definition) is 0. The van der Waals surface area contributed by atoms with E-state index in [1.807, 2.05) is 6.20 Å². The topological polar surface area (TPSA) is 32.3 Å². The Balaban J connectivity index is 1.65. The first-order valence-corrected chi connectivity index (χ1v) is 9.51. The van der Waals surface area contributed by atoms with Crippen LogP contribution >= 0.6 is 11.3 Å². The molecular formula is C19H22N4S. The summed E-state index contributed by atoms with van der Waals surface area (Å²) < 4.78 is 0. The minimum atomic E-state index is 0.969. The smallest absolute Gasteiger partial charge is 0.185 e. The number of benzene rings is 1. The fourth-order valence-electron chi connectivity index (χ4n) is 3.37. The Kier molecular flexibility index (Phi) is 4.34. The van der Waals surface area contributed by atoms with Gasteiger partial charge in [-0.2, -0.15) is 0 Å². The van der Waals surface area contributed by atoms with Crippen LogP contribution in [0.3, 0.4) is 0 Å². The molecule has 1 aliphatic rings. The van der Waals surface area contributed by atoms with Crippen LogP contribution in [-0.4, -0.2) is 36.1 Å². The first kappa shape index (κ1) is 15.4. The fourth-order valence-corrected chi connectivity index (χ4v) is 4.07. The zero-order chi connectivity index (χ0) is 16.4. The summed E-state index contributed by atoms with van der Waals surface area (Å²) >= 11 is 1.73. The second-order valence-electron chi connectivity index (χ2n) is 6.15. The molecule has 24 heavy (non-hydrogen) atoms. The zero-order valence-electron chi connectivity index (χ0n) is 14.0. The van der Waals surface area contributed by atoms with Crippen LogP contribution in [0.1, 0.15) is 19.0 Å². The van der Waals surface area contributed by atoms with E-state index in [4.69, 9.17) is 4.98 Å². The van der Waals surface area contributed by atoms with Gasteiger partial charge < -0.3 is 9.80 Å². The van der Waals surface area contributed by atoms with Crippen LogP contribution in [-0.2, 0) is 6.42 Å². The van der Waals surface area contributed by atoms with E-state index >= 15 is 0 Å². The first-order chi connectivity index (χ1) is 11.8. The number of aryl methyl sites for hydroxylation is 1. The van der Waals surface area contributed by atoms with Crippen LogP contribution in [0.5, 0.6) is 0 Å². The Morgan fingerprint density at radius 2 is 1.92 bits per heavy atom. The van der Waals surface area contributed by atoms with Crippen LogP contribution in [0.25, 0.3) is 10.9 Å². The van der Waals surface area contributed by atoms with Crippen LogP contribution in [0.2, 0.25) is 0 Å². The Hall–Kier alpha value is -2.14. The average Bonchev–Trinajstić information content (AvgIpc) is 3.05. The molecule has 0 spiro atoms. The normalized spacial score (nSPS) is 15.7.